The molecule has 23 heavy (non-hydrogen) atoms. The Morgan fingerprint density at radius 3 is 2.83 bits per heavy atom. The number of carbonyl (C=O) groups is 1. The zero-order valence-corrected chi connectivity index (χ0v) is 12.9. The van der Waals surface area contributed by atoms with Gasteiger partial charge in [-0.15, -0.1) is 0 Å². The smallest absolute Gasteiger partial charge is 0.228 e. The van der Waals surface area contributed by atoms with Crippen molar-refractivity contribution in [3.05, 3.63) is 35.0 Å². The molecule has 1 aliphatic carbocycles. The fourth-order valence-electron chi connectivity index (χ4n) is 3.69. The minimum Gasteiger partial charge on any atom is -0.341 e. The van der Waals surface area contributed by atoms with Gasteiger partial charge in [-0.3, -0.25) is 4.79 Å². The van der Waals surface area contributed by atoms with Gasteiger partial charge in [-0.05, 0) is 43.4 Å². The number of nitrogens with one attached hydrogen (secondary N) is 1. The van der Waals surface area contributed by atoms with Gasteiger partial charge in [0, 0.05) is 35.6 Å². The van der Waals surface area contributed by atoms with Crippen molar-refractivity contribution < 1.29 is 4.79 Å². The Labute approximate surface area is 134 Å². The highest BCUT2D eigenvalue weighted by Gasteiger charge is 2.25. The lowest BCUT2D eigenvalue weighted by Crippen LogP contribution is -2.38. The van der Waals surface area contributed by atoms with Gasteiger partial charge in [0.1, 0.15) is 0 Å². The number of amides is 1. The van der Waals surface area contributed by atoms with Crippen LogP contribution in [0, 0.1) is 0 Å². The molecule has 3 aliphatic rings. The van der Waals surface area contributed by atoms with E-state index < -0.39 is 0 Å². The van der Waals surface area contributed by atoms with Crippen LogP contribution < -0.4 is 10.2 Å². The number of aromatic nitrogens is 2. The second-order valence-electron chi connectivity index (χ2n) is 6.59. The quantitative estimate of drug-likeness (QED) is 0.925. The Bertz CT molecular complexity index is 826. The zero-order valence-electron chi connectivity index (χ0n) is 12.9. The topological polar surface area (TPSA) is 58.1 Å². The number of rotatable bonds is 2. The first-order valence-corrected chi connectivity index (χ1v) is 8.36. The molecule has 2 aromatic rings. The van der Waals surface area contributed by atoms with E-state index >= 15 is 0 Å². The summed E-state index contributed by atoms with van der Waals surface area (Å²) in [7, 11) is 0. The molecule has 1 aromatic carbocycles. The standard InChI is InChI=1S/C18H18N4O/c23-16-10-12-9-11(5-6-14(12)19-16)17-13-3-1-4-15(13)20-18(21-17)22-7-2-8-22/h5-6,9H,1-4,7-8,10H2,(H,19,23). The van der Waals surface area contributed by atoms with E-state index in [1.54, 1.807) is 0 Å². The lowest BCUT2D eigenvalue weighted by Gasteiger charge is -2.31. The third-order valence-electron chi connectivity index (χ3n) is 5.06. The van der Waals surface area contributed by atoms with Crippen LogP contribution in [-0.2, 0) is 24.1 Å². The van der Waals surface area contributed by atoms with Crippen LogP contribution in [0.3, 0.4) is 0 Å². The highest BCUT2D eigenvalue weighted by atomic mass is 16.1. The van der Waals surface area contributed by atoms with Crippen molar-refractivity contribution in [2.45, 2.75) is 32.1 Å². The molecule has 0 spiro atoms. The molecule has 1 amide bonds. The third kappa shape index (κ3) is 2.03. The van der Waals surface area contributed by atoms with Crippen molar-refractivity contribution in [1.82, 2.24) is 9.97 Å². The second-order valence-corrected chi connectivity index (χ2v) is 6.59. The molecule has 3 heterocycles. The molecular formula is C18H18N4O. The maximum absolute atomic E-state index is 11.6. The predicted molar refractivity (Wildman–Crippen MR) is 88.7 cm³/mol. The molecule has 0 radical (unpaired) electrons. The van der Waals surface area contributed by atoms with Crippen molar-refractivity contribution in [2.24, 2.45) is 0 Å². The summed E-state index contributed by atoms with van der Waals surface area (Å²) in [5.74, 6) is 0.952. The van der Waals surface area contributed by atoms with Crippen LogP contribution in [0.5, 0.6) is 0 Å². The molecule has 116 valence electrons. The SMILES string of the molecule is O=C1Cc2cc(-c3nc(N4CCC4)nc4c3CCC4)ccc2N1. The Morgan fingerprint density at radius 2 is 2.00 bits per heavy atom. The van der Waals surface area contributed by atoms with Gasteiger partial charge < -0.3 is 10.2 Å². The van der Waals surface area contributed by atoms with Gasteiger partial charge in [-0.1, -0.05) is 6.07 Å². The summed E-state index contributed by atoms with van der Waals surface area (Å²) in [6.45, 7) is 2.11. The third-order valence-corrected chi connectivity index (χ3v) is 5.06. The molecular weight excluding hydrogens is 288 g/mol. The molecule has 1 fully saturated rings. The van der Waals surface area contributed by atoms with E-state index in [-0.39, 0.29) is 5.91 Å². The molecule has 1 saturated heterocycles. The molecule has 0 unspecified atom stereocenters. The largest absolute Gasteiger partial charge is 0.341 e. The van der Waals surface area contributed by atoms with Crippen LogP contribution >= 0.6 is 0 Å². The van der Waals surface area contributed by atoms with E-state index in [1.807, 2.05) is 6.07 Å². The molecule has 1 N–H and O–H groups in total. The molecule has 0 bridgehead atoms. The Hall–Kier alpha value is -2.43. The number of anilines is 2. The summed E-state index contributed by atoms with van der Waals surface area (Å²) in [5, 5.41) is 2.90. The molecule has 2 aliphatic heterocycles. The number of fused-ring (bicyclic) bond motifs is 2. The maximum Gasteiger partial charge on any atom is 0.228 e. The minimum atomic E-state index is 0.0753. The van der Waals surface area contributed by atoms with Crippen molar-refractivity contribution in [1.29, 1.82) is 0 Å². The summed E-state index contributed by atoms with van der Waals surface area (Å²) in [5.41, 5.74) is 6.70. The Balaban J connectivity index is 1.63. The Morgan fingerprint density at radius 1 is 1.09 bits per heavy atom. The van der Waals surface area contributed by atoms with E-state index in [0.717, 1.165) is 60.8 Å². The van der Waals surface area contributed by atoms with Gasteiger partial charge in [0.2, 0.25) is 11.9 Å². The van der Waals surface area contributed by atoms with Crippen molar-refractivity contribution >= 4 is 17.5 Å². The normalized spacial score (nSPS) is 18.4. The number of nitrogens with zero attached hydrogens (tertiary/aromatic N) is 3. The number of hydrogen-bond acceptors (Lipinski definition) is 4. The summed E-state index contributed by atoms with van der Waals surface area (Å²) in [6.07, 6.45) is 4.96. The summed E-state index contributed by atoms with van der Waals surface area (Å²) in [4.78, 5) is 23.5. The van der Waals surface area contributed by atoms with Gasteiger partial charge in [-0.2, -0.15) is 0 Å². The zero-order chi connectivity index (χ0) is 15.4. The van der Waals surface area contributed by atoms with Gasteiger partial charge in [-0.25, -0.2) is 9.97 Å². The fourth-order valence-corrected chi connectivity index (χ4v) is 3.69. The molecule has 0 saturated carbocycles. The molecule has 5 rings (SSSR count). The fraction of sp³-hybridized carbons (Fsp3) is 0.389. The molecule has 1 aromatic heterocycles. The maximum atomic E-state index is 11.6. The molecule has 5 heteroatoms. The number of carbonyl (C=O) groups excluding carboxylic acids is 1. The molecule has 0 atom stereocenters. The van der Waals surface area contributed by atoms with Crippen LogP contribution in [0.4, 0.5) is 11.6 Å². The highest BCUT2D eigenvalue weighted by molar-refractivity contribution is 5.99. The highest BCUT2D eigenvalue weighted by Crippen LogP contribution is 2.35. The lowest BCUT2D eigenvalue weighted by atomic mass is 10.0. The van der Waals surface area contributed by atoms with Crippen LogP contribution in [0.2, 0.25) is 0 Å². The van der Waals surface area contributed by atoms with Crippen LogP contribution in [-0.4, -0.2) is 29.0 Å². The van der Waals surface area contributed by atoms with Gasteiger partial charge in [0.05, 0.1) is 12.1 Å². The molecule has 5 nitrogen and oxygen atoms in total. The van der Waals surface area contributed by atoms with E-state index in [1.165, 1.54) is 17.7 Å². The second kappa shape index (κ2) is 4.78. The summed E-state index contributed by atoms with van der Waals surface area (Å²) in [6, 6.07) is 6.20. The van der Waals surface area contributed by atoms with Crippen molar-refractivity contribution in [3.8, 4) is 11.3 Å². The van der Waals surface area contributed by atoms with Gasteiger partial charge in [0.25, 0.3) is 0 Å². The van der Waals surface area contributed by atoms with Crippen LogP contribution in [0.15, 0.2) is 18.2 Å². The van der Waals surface area contributed by atoms with E-state index in [9.17, 15) is 4.79 Å². The van der Waals surface area contributed by atoms with E-state index in [4.69, 9.17) is 9.97 Å². The first-order chi connectivity index (χ1) is 11.3. The van der Waals surface area contributed by atoms with E-state index in [0.29, 0.717) is 6.42 Å². The van der Waals surface area contributed by atoms with Crippen molar-refractivity contribution in [3.63, 3.8) is 0 Å². The average Bonchev–Trinajstić information content (AvgIpc) is 3.08. The van der Waals surface area contributed by atoms with E-state index in [2.05, 4.69) is 22.3 Å². The number of aryl methyl sites for hydroxylation is 1. The predicted octanol–water partition coefficient (Wildman–Crippen LogP) is 2.34. The van der Waals surface area contributed by atoms with Crippen molar-refractivity contribution in [2.75, 3.05) is 23.3 Å². The monoisotopic (exact) mass is 306 g/mol. The number of benzene rings is 1. The van der Waals surface area contributed by atoms with Crippen LogP contribution in [0.25, 0.3) is 11.3 Å². The van der Waals surface area contributed by atoms with Crippen LogP contribution in [0.1, 0.15) is 29.7 Å². The summed E-state index contributed by atoms with van der Waals surface area (Å²) < 4.78 is 0. The first kappa shape index (κ1) is 13.0. The summed E-state index contributed by atoms with van der Waals surface area (Å²) >= 11 is 0. The Kier molecular flexibility index (Phi) is 2.71. The lowest BCUT2D eigenvalue weighted by molar-refractivity contribution is -0.115. The van der Waals surface area contributed by atoms with Gasteiger partial charge >= 0.3 is 0 Å². The first-order valence-electron chi connectivity index (χ1n) is 8.36. The minimum absolute atomic E-state index is 0.0753. The number of hydrogen-bond donors (Lipinski definition) is 1. The van der Waals surface area contributed by atoms with Gasteiger partial charge in [0.15, 0.2) is 0 Å². The average molecular weight is 306 g/mol.